The Morgan fingerprint density at radius 3 is 2.13 bits per heavy atom. The second-order valence-corrected chi connectivity index (χ2v) is 10.9. The lowest BCUT2D eigenvalue weighted by Crippen LogP contribution is -2.29. The SMILES string of the molecule is CC(C)(C)CC(=O)NCCSSc1ccc(CC(C)(C)C)cc1. The summed E-state index contributed by atoms with van der Waals surface area (Å²) in [5.41, 5.74) is 1.77. The van der Waals surface area contributed by atoms with Gasteiger partial charge in [0.05, 0.1) is 0 Å². The second-order valence-electron chi connectivity index (χ2n) is 8.37. The van der Waals surface area contributed by atoms with Gasteiger partial charge in [-0.25, -0.2) is 0 Å². The van der Waals surface area contributed by atoms with Crippen LogP contribution in [0.15, 0.2) is 29.2 Å². The first-order valence-electron chi connectivity index (χ1n) is 8.20. The first kappa shape index (κ1) is 20.4. The van der Waals surface area contributed by atoms with Crippen LogP contribution < -0.4 is 5.32 Å². The molecular weight excluding hydrogens is 322 g/mol. The molecule has 0 bridgehead atoms. The van der Waals surface area contributed by atoms with Crippen LogP contribution in [-0.4, -0.2) is 18.2 Å². The normalized spacial score (nSPS) is 12.3. The molecule has 0 radical (unpaired) electrons. The zero-order chi connectivity index (χ0) is 17.5. The van der Waals surface area contributed by atoms with Crippen LogP contribution in [0.25, 0.3) is 0 Å². The number of hydrogen-bond donors (Lipinski definition) is 1. The maximum Gasteiger partial charge on any atom is 0.220 e. The molecule has 0 aliphatic rings. The van der Waals surface area contributed by atoms with Crippen molar-refractivity contribution in [2.45, 2.75) is 59.3 Å². The van der Waals surface area contributed by atoms with Crippen molar-refractivity contribution in [1.82, 2.24) is 5.32 Å². The first-order chi connectivity index (χ1) is 10.6. The summed E-state index contributed by atoms with van der Waals surface area (Å²) >= 11 is 0. The number of benzene rings is 1. The van der Waals surface area contributed by atoms with Crippen molar-refractivity contribution in [2.75, 3.05) is 12.3 Å². The fraction of sp³-hybridized carbons (Fsp3) is 0.632. The molecule has 1 amide bonds. The molecular formula is C19H31NOS2. The van der Waals surface area contributed by atoms with Gasteiger partial charge in [0.15, 0.2) is 0 Å². The Labute approximate surface area is 150 Å². The Morgan fingerprint density at radius 2 is 1.61 bits per heavy atom. The zero-order valence-corrected chi connectivity index (χ0v) is 17.0. The van der Waals surface area contributed by atoms with Gasteiger partial charge in [0, 0.05) is 23.6 Å². The third-order valence-corrected chi connectivity index (χ3v) is 5.40. The van der Waals surface area contributed by atoms with E-state index in [4.69, 9.17) is 0 Å². The van der Waals surface area contributed by atoms with Crippen molar-refractivity contribution < 1.29 is 4.79 Å². The summed E-state index contributed by atoms with van der Waals surface area (Å²) in [5, 5.41) is 2.99. The topological polar surface area (TPSA) is 29.1 Å². The van der Waals surface area contributed by atoms with Crippen molar-refractivity contribution in [1.29, 1.82) is 0 Å². The molecule has 0 heterocycles. The number of carbonyl (C=O) groups is 1. The standard InChI is InChI=1S/C19H31NOS2/c1-18(2,3)13-15-7-9-16(10-8-15)23-22-12-11-20-17(21)14-19(4,5)6/h7-10H,11-14H2,1-6H3,(H,20,21). The van der Waals surface area contributed by atoms with Gasteiger partial charge in [-0.15, -0.1) is 0 Å². The highest BCUT2D eigenvalue weighted by Gasteiger charge is 2.15. The molecule has 0 aliphatic heterocycles. The molecule has 0 aromatic heterocycles. The molecule has 0 saturated heterocycles. The second kappa shape index (κ2) is 9.03. The number of nitrogens with one attached hydrogen (secondary N) is 1. The van der Waals surface area contributed by atoms with E-state index in [1.54, 1.807) is 21.6 Å². The van der Waals surface area contributed by atoms with Gasteiger partial charge in [-0.2, -0.15) is 0 Å². The van der Waals surface area contributed by atoms with E-state index in [1.165, 1.54) is 10.5 Å². The number of carbonyl (C=O) groups excluding carboxylic acids is 1. The lowest BCUT2D eigenvalue weighted by Gasteiger charge is -2.18. The predicted molar refractivity (Wildman–Crippen MR) is 105 cm³/mol. The maximum atomic E-state index is 11.7. The highest BCUT2D eigenvalue weighted by Crippen LogP contribution is 2.31. The molecule has 0 saturated carbocycles. The van der Waals surface area contributed by atoms with Gasteiger partial charge in [-0.3, -0.25) is 4.79 Å². The summed E-state index contributed by atoms with van der Waals surface area (Å²) in [6.07, 6.45) is 1.69. The van der Waals surface area contributed by atoms with Crippen LogP contribution in [0, 0.1) is 10.8 Å². The summed E-state index contributed by atoms with van der Waals surface area (Å²) in [7, 11) is 3.56. The molecule has 1 aromatic carbocycles. The lowest BCUT2D eigenvalue weighted by atomic mass is 9.88. The Hall–Kier alpha value is -0.610. The van der Waals surface area contributed by atoms with E-state index in [9.17, 15) is 4.79 Å². The van der Waals surface area contributed by atoms with Gasteiger partial charge in [0.1, 0.15) is 0 Å². The van der Waals surface area contributed by atoms with Crippen LogP contribution in [0.3, 0.4) is 0 Å². The summed E-state index contributed by atoms with van der Waals surface area (Å²) < 4.78 is 0. The maximum absolute atomic E-state index is 11.7. The van der Waals surface area contributed by atoms with Crippen molar-refractivity contribution >= 4 is 27.5 Å². The summed E-state index contributed by atoms with van der Waals surface area (Å²) in [5.74, 6) is 1.07. The Kier molecular flexibility index (Phi) is 8.02. The summed E-state index contributed by atoms with van der Waals surface area (Å²) in [4.78, 5) is 13.0. The fourth-order valence-corrected chi connectivity index (χ4v) is 4.05. The highest BCUT2D eigenvalue weighted by atomic mass is 33.1. The predicted octanol–water partition coefficient (Wildman–Crippen LogP) is 5.57. The van der Waals surface area contributed by atoms with Crippen LogP contribution in [0.1, 0.15) is 53.5 Å². The average Bonchev–Trinajstić information content (AvgIpc) is 2.36. The van der Waals surface area contributed by atoms with E-state index in [2.05, 4.69) is 71.1 Å². The van der Waals surface area contributed by atoms with Gasteiger partial charge >= 0.3 is 0 Å². The van der Waals surface area contributed by atoms with Crippen LogP contribution in [-0.2, 0) is 11.2 Å². The van der Waals surface area contributed by atoms with Gasteiger partial charge in [-0.05, 0) is 34.9 Å². The largest absolute Gasteiger partial charge is 0.355 e. The molecule has 1 aromatic rings. The van der Waals surface area contributed by atoms with Crippen LogP contribution in [0.4, 0.5) is 0 Å². The van der Waals surface area contributed by atoms with E-state index in [0.29, 0.717) is 11.8 Å². The molecule has 0 atom stereocenters. The van der Waals surface area contributed by atoms with Gasteiger partial charge < -0.3 is 5.32 Å². The molecule has 23 heavy (non-hydrogen) atoms. The van der Waals surface area contributed by atoms with Crippen molar-refractivity contribution in [2.24, 2.45) is 10.8 Å². The molecule has 4 heteroatoms. The molecule has 130 valence electrons. The molecule has 2 nitrogen and oxygen atoms in total. The van der Waals surface area contributed by atoms with E-state index in [0.717, 1.165) is 18.7 Å². The Balaban J connectivity index is 2.22. The third-order valence-electron chi connectivity index (χ3n) is 3.01. The first-order valence-corrected chi connectivity index (χ1v) is 10.5. The Morgan fingerprint density at radius 1 is 1.00 bits per heavy atom. The zero-order valence-electron chi connectivity index (χ0n) is 15.4. The molecule has 1 N–H and O–H groups in total. The van der Waals surface area contributed by atoms with Crippen molar-refractivity contribution in [3.05, 3.63) is 29.8 Å². The summed E-state index contributed by atoms with van der Waals surface area (Å²) in [6, 6.07) is 8.83. The monoisotopic (exact) mass is 353 g/mol. The molecule has 0 spiro atoms. The van der Waals surface area contributed by atoms with Gasteiger partial charge in [0.2, 0.25) is 5.91 Å². The van der Waals surface area contributed by atoms with Gasteiger partial charge in [-0.1, -0.05) is 75.3 Å². The van der Waals surface area contributed by atoms with Crippen LogP contribution in [0.5, 0.6) is 0 Å². The molecule has 0 unspecified atom stereocenters. The smallest absolute Gasteiger partial charge is 0.220 e. The minimum Gasteiger partial charge on any atom is -0.355 e. The highest BCUT2D eigenvalue weighted by molar-refractivity contribution is 8.76. The minimum absolute atomic E-state index is 0.0563. The number of hydrogen-bond acceptors (Lipinski definition) is 3. The number of rotatable bonds is 7. The molecule has 1 rings (SSSR count). The third kappa shape index (κ3) is 10.7. The summed E-state index contributed by atoms with van der Waals surface area (Å²) in [6.45, 7) is 13.8. The molecule has 0 aliphatic carbocycles. The van der Waals surface area contributed by atoms with Crippen molar-refractivity contribution in [3.8, 4) is 0 Å². The Bertz CT molecular complexity index is 484. The van der Waals surface area contributed by atoms with Gasteiger partial charge in [0.25, 0.3) is 0 Å². The van der Waals surface area contributed by atoms with E-state index in [1.807, 2.05) is 0 Å². The average molecular weight is 354 g/mol. The van der Waals surface area contributed by atoms with E-state index in [-0.39, 0.29) is 11.3 Å². The van der Waals surface area contributed by atoms with E-state index >= 15 is 0 Å². The van der Waals surface area contributed by atoms with Crippen LogP contribution >= 0.6 is 21.6 Å². The lowest BCUT2D eigenvalue weighted by molar-refractivity contribution is -0.122. The molecule has 0 fully saturated rings. The fourth-order valence-electron chi connectivity index (χ4n) is 2.16. The minimum atomic E-state index is 0.0563. The van der Waals surface area contributed by atoms with Crippen LogP contribution in [0.2, 0.25) is 0 Å². The van der Waals surface area contributed by atoms with E-state index < -0.39 is 0 Å². The number of amides is 1. The van der Waals surface area contributed by atoms with Crippen molar-refractivity contribution in [3.63, 3.8) is 0 Å². The quantitative estimate of drug-likeness (QED) is 0.513.